The van der Waals surface area contributed by atoms with Crippen LogP contribution in [0.5, 0.6) is 0 Å². The first-order valence-electron chi connectivity index (χ1n) is 6.15. The van der Waals surface area contributed by atoms with Gasteiger partial charge in [-0.1, -0.05) is 6.07 Å². The Morgan fingerprint density at radius 3 is 2.89 bits per heavy atom. The summed E-state index contributed by atoms with van der Waals surface area (Å²) in [5.74, 6) is 0. The minimum absolute atomic E-state index is 0.199. The fourth-order valence-electron chi connectivity index (χ4n) is 2.12. The maximum Gasteiger partial charge on any atom is 0.222 e. The van der Waals surface area contributed by atoms with Gasteiger partial charge >= 0.3 is 0 Å². The Morgan fingerprint density at radius 2 is 2.28 bits per heavy atom. The molecule has 0 unspecified atom stereocenters. The Balaban J connectivity index is 2.20. The van der Waals surface area contributed by atoms with E-state index in [1.807, 2.05) is 13.0 Å². The van der Waals surface area contributed by atoms with Gasteiger partial charge in [-0.2, -0.15) is 4.31 Å². The lowest BCUT2D eigenvalue weighted by atomic mass is 10.3. The van der Waals surface area contributed by atoms with Crippen molar-refractivity contribution < 1.29 is 8.42 Å². The number of pyridine rings is 1. The van der Waals surface area contributed by atoms with Crippen LogP contribution in [0.2, 0.25) is 0 Å². The minimum atomic E-state index is -3.32. The van der Waals surface area contributed by atoms with Gasteiger partial charge in [0, 0.05) is 31.9 Å². The predicted octanol–water partition coefficient (Wildman–Crippen LogP) is 0.766. The molecular weight excluding hydrogens is 250 g/mol. The zero-order valence-corrected chi connectivity index (χ0v) is 11.5. The molecule has 0 aromatic carbocycles. The SMILES string of the molecule is C[C@H]1CN(S(=O)(=O)[C@@H](C)c2ccccn2)CCN1. The molecule has 2 heterocycles. The fourth-order valence-corrected chi connectivity index (χ4v) is 3.79. The number of nitrogens with zero attached hydrogens (tertiary/aromatic N) is 2. The molecule has 6 heteroatoms. The van der Waals surface area contributed by atoms with Crippen LogP contribution in [0, 0.1) is 0 Å². The monoisotopic (exact) mass is 269 g/mol. The zero-order valence-electron chi connectivity index (χ0n) is 10.7. The van der Waals surface area contributed by atoms with Crippen molar-refractivity contribution in [1.82, 2.24) is 14.6 Å². The highest BCUT2D eigenvalue weighted by atomic mass is 32.2. The van der Waals surface area contributed by atoms with E-state index in [1.54, 1.807) is 29.6 Å². The van der Waals surface area contributed by atoms with Crippen molar-refractivity contribution >= 4 is 10.0 Å². The van der Waals surface area contributed by atoms with Gasteiger partial charge in [0.25, 0.3) is 0 Å². The molecule has 2 atom stereocenters. The number of aromatic nitrogens is 1. The van der Waals surface area contributed by atoms with Crippen molar-refractivity contribution in [1.29, 1.82) is 0 Å². The Hall–Kier alpha value is -0.980. The lowest BCUT2D eigenvalue weighted by Crippen LogP contribution is -2.52. The number of piperazine rings is 1. The summed E-state index contributed by atoms with van der Waals surface area (Å²) in [5, 5.41) is 2.65. The van der Waals surface area contributed by atoms with Crippen LogP contribution in [-0.4, -0.2) is 43.4 Å². The molecular formula is C12H19N3O2S. The molecule has 1 aliphatic rings. The van der Waals surface area contributed by atoms with Crippen molar-refractivity contribution in [3.8, 4) is 0 Å². The first kappa shape index (κ1) is 13.5. The highest BCUT2D eigenvalue weighted by molar-refractivity contribution is 7.89. The van der Waals surface area contributed by atoms with Crippen LogP contribution in [0.1, 0.15) is 24.8 Å². The van der Waals surface area contributed by atoms with Crippen molar-refractivity contribution in [2.45, 2.75) is 25.1 Å². The molecule has 100 valence electrons. The largest absolute Gasteiger partial charge is 0.312 e. The molecule has 1 aliphatic heterocycles. The lowest BCUT2D eigenvalue weighted by molar-refractivity contribution is 0.307. The van der Waals surface area contributed by atoms with Crippen molar-refractivity contribution in [2.24, 2.45) is 0 Å². The van der Waals surface area contributed by atoms with Gasteiger partial charge in [-0.05, 0) is 26.0 Å². The third kappa shape index (κ3) is 2.71. The first-order chi connectivity index (χ1) is 8.51. The van der Waals surface area contributed by atoms with Crippen molar-refractivity contribution in [3.05, 3.63) is 30.1 Å². The van der Waals surface area contributed by atoms with E-state index < -0.39 is 15.3 Å². The van der Waals surface area contributed by atoms with Gasteiger partial charge in [-0.25, -0.2) is 8.42 Å². The summed E-state index contributed by atoms with van der Waals surface area (Å²) in [5.41, 5.74) is 0.601. The van der Waals surface area contributed by atoms with E-state index in [4.69, 9.17) is 0 Å². The zero-order chi connectivity index (χ0) is 13.2. The standard InChI is InChI=1S/C12H19N3O2S/c1-10-9-15(8-7-13-10)18(16,17)11(2)12-5-3-4-6-14-12/h3-6,10-11,13H,7-9H2,1-2H3/t10-,11-/m0/s1. The van der Waals surface area contributed by atoms with E-state index in [9.17, 15) is 8.42 Å². The van der Waals surface area contributed by atoms with Crippen LogP contribution in [-0.2, 0) is 10.0 Å². The number of rotatable bonds is 3. The summed E-state index contributed by atoms with van der Waals surface area (Å²) < 4.78 is 26.5. The molecule has 1 aromatic heterocycles. The van der Waals surface area contributed by atoms with Crippen LogP contribution >= 0.6 is 0 Å². The molecule has 0 spiro atoms. The highest BCUT2D eigenvalue weighted by Gasteiger charge is 2.33. The second kappa shape index (κ2) is 5.34. The van der Waals surface area contributed by atoms with Crippen LogP contribution in [0.25, 0.3) is 0 Å². The van der Waals surface area contributed by atoms with E-state index in [-0.39, 0.29) is 6.04 Å². The number of hydrogen-bond donors (Lipinski definition) is 1. The topological polar surface area (TPSA) is 62.3 Å². The van der Waals surface area contributed by atoms with E-state index in [1.165, 1.54) is 0 Å². The summed E-state index contributed by atoms with van der Waals surface area (Å²) in [4.78, 5) is 4.14. The van der Waals surface area contributed by atoms with Gasteiger partial charge in [0.1, 0.15) is 5.25 Å². The maximum absolute atomic E-state index is 12.5. The quantitative estimate of drug-likeness (QED) is 0.880. The summed E-state index contributed by atoms with van der Waals surface area (Å²) in [7, 11) is -3.32. The molecule has 5 nitrogen and oxygen atoms in total. The van der Waals surface area contributed by atoms with Gasteiger partial charge in [-0.3, -0.25) is 4.98 Å². The number of sulfonamides is 1. The molecule has 0 bridgehead atoms. The van der Waals surface area contributed by atoms with Crippen LogP contribution < -0.4 is 5.32 Å². The van der Waals surface area contributed by atoms with E-state index in [0.717, 1.165) is 0 Å². The predicted molar refractivity (Wildman–Crippen MR) is 70.6 cm³/mol. The number of nitrogens with one attached hydrogen (secondary N) is 1. The molecule has 0 aliphatic carbocycles. The first-order valence-corrected chi connectivity index (χ1v) is 7.65. The van der Waals surface area contributed by atoms with Crippen molar-refractivity contribution in [3.63, 3.8) is 0 Å². The number of hydrogen-bond acceptors (Lipinski definition) is 4. The van der Waals surface area contributed by atoms with Crippen LogP contribution in [0.4, 0.5) is 0 Å². The molecule has 1 aromatic rings. The molecule has 0 radical (unpaired) electrons. The third-order valence-electron chi connectivity index (χ3n) is 3.24. The maximum atomic E-state index is 12.5. The Bertz CT molecular complexity index is 489. The Labute approximate surface area is 108 Å². The Morgan fingerprint density at radius 1 is 1.50 bits per heavy atom. The molecule has 1 N–H and O–H groups in total. The van der Waals surface area contributed by atoms with Gasteiger partial charge in [0.05, 0.1) is 5.69 Å². The van der Waals surface area contributed by atoms with Crippen LogP contribution in [0.3, 0.4) is 0 Å². The van der Waals surface area contributed by atoms with Crippen LogP contribution in [0.15, 0.2) is 24.4 Å². The molecule has 0 saturated carbocycles. The van der Waals surface area contributed by atoms with E-state index in [0.29, 0.717) is 25.3 Å². The molecule has 0 amide bonds. The second-order valence-electron chi connectivity index (χ2n) is 4.65. The minimum Gasteiger partial charge on any atom is -0.312 e. The second-order valence-corrected chi connectivity index (χ2v) is 6.91. The van der Waals surface area contributed by atoms with E-state index >= 15 is 0 Å². The molecule has 18 heavy (non-hydrogen) atoms. The van der Waals surface area contributed by atoms with Gasteiger partial charge in [0.2, 0.25) is 10.0 Å². The third-order valence-corrected chi connectivity index (χ3v) is 5.43. The van der Waals surface area contributed by atoms with E-state index in [2.05, 4.69) is 10.3 Å². The smallest absolute Gasteiger partial charge is 0.222 e. The summed E-state index contributed by atoms with van der Waals surface area (Å²) in [6.07, 6.45) is 1.63. The summed E-state index contributed by atoms with van der Waals surface area (Å²) >= 11 is 0. The molecule has 1 saturated heterocycles. The Kier molecular flexibility index (Phi) is 3.99. The highest BCUT2D eigenvalue weighted by Crippen LogP contribution is 2.24. The van der Waals surface area contributed by atoms with Gasteiger partial charge in [0.15, 0.2) is 0 Å². The lowest BCUT2D eigenvalue weighted by Gasteiger charge is -2.32. The van der Waals surface area contributed by atoms with Crippen molar-refractivity contribution in [2.75, 3.05) is 19.6 Å². The summed E-state index contributed by atoms with van der Waals surface area (Å²) in [6.45, 7) is 5.45. The average Bonchev–Trinajstić information content (AvgIpc) is 2.39. The van der Waals surface area contributed by atoms with Gasteiger partial charge in [-0.15, -0.1) is 0 Å². The normalized spacial score (nSPS) is 23.8. The summed E-state index contributed by atoms with van der Waals surface area (Å²) in [6, 6.07) is 5.56. The fraction of sp³-hybridized carbons (Fsp3) is 0.583. The average molecular weight is 269 g/mol. The molecule has 2 rings (SSSR count). The van der Waals surface area contributed by atoms with Gasteiger partial charge < -0.3 is 5.32 Å². The molecule has 1 fully saturated rings.